The van der Waals surface area contributed by atoms with Crippen LogP contribution in [0.15, 0.2) is 146 Å². The quantitative estimate of drug-likeness (QED) is 0.0203. The third-order valence-electron chi connectivity index (χ3n) is 22.1. The summed E-state index contributed by atoms with van der Waals surface area (Å²) in [5, 5.41) is 1.37. The molecule has 8 aromatic carbocycles. The molecule has 2 N–H and O–H groups in total. The number of ether oxygens (including phenoxy) is 12. The van der Waals surface area contributed by atoms with E-state index in [2.05, 4.69) is 9.97 Å². The molecule has 132 heavy (non-hydrogen) atoms. The zero-order chi connectivity index (χ0) is 92.8. The molecule has 28 heteroatoms. The molecule has 690 valence electrons. The van der Waals surface area contributed by atoms with E-state index >= 15 is 0 Å². The number of nitrogens with zero attached hydrogens (tertiary/aromatic N) is 6. The Balaban J connectivity index is 1.08. The van der Waals surface area contributed by atoms with Crippen LogP contribution in [0.2, 0.25) is 0 Å². The molecule has 11 aromatic rings. The number of H-pyrrole nitrogens is 2. The van der Waals surface area contributed by atoms with E-state index in [-0.39, 0.29) is 200 Å². The fraction of sp³-hybridized carbons (Fsp3) is 0.385. The second kappa shape index (κ2) is 47.6. The Morgan fingerprint density at radius 3 is 0.682 bits per heavy atom. The predicted molar refractivity (Wildman–Crippen MR) is 501 cm³/mol. The minimum atomic E-state index is -0.690. The molecule has 0 atom stereocenters. The summed E-state index contributed by atoms with van der Waals surface area (Å²) in [6.45, 7) is 17.4. The van der Waals surface area contributed by atoms with E-state index in [0.29, 0.717) is 84.0 Å². The standard InChI is InChI=1S/C104H114N8O20/c1-9-17-25-45-121-97(113)65-53-66(98(114)122-46-26-18-10-2)58-73(57-65)129-81-41-33-37-77-85(81)93-105-89(77)110-94-87-79(39-35-43-83(87)131-75-61-69(101(117)125-49-29-21-13-5)55-70(62-75)102(118)126-50-30-22-14-6)91(107-94)112-96-88-80(40-36-44-84(88)132-76-63-71(103(119)127-51-31-23-15-7)56-72(64-76)104(120)128-52-32-24-16-8)92(108-96)111-95-86-78(90(106-95)109-93)38-34-42-82(86)130-74-59-67(99(115)123-47-27-19-11-3)54-68(60-74)100(116)124-48-28-20-12-4/h33-44,53-64H,9-32,45-52H2,1-8H3,(H2,105,106,107,108,109,110,111,112). The molecule has 0 radical (unpaired) electrons. The van der Waals surface area contributed by atoms with Crippen LogP contribution in [0.1, 0.15) is 292 Å². The van der Waals surface area contributed by atoms with Crippen molar-refractivity contribution >= 4 is 91.9 Å². The third-order valence-corrected chi connectivity index (χ3v) is 22.1. The summed E-state index contributed by atoms with van der Waals surface area (Å²) in [7, 11) is 0. The second-order valence-corrected chi connectivity index (χ2v) is 32.5. The lowest BCUT2D eigenvalue weighted by Gasteiger charge is -2.13. The number of hydrogen-bond donors (Lipinski definition) is 2. The number of aromatic amines is 2. The number of nitrogens with one attached hydrogen (secondary N) is 2. The van der Waals surface area contributed by atoms with E-state index in [1.165, 1.54) is 72.8 Å². The average Bonchev–Trinajstić information content (AvgIpc) is 1.58. The molecule has 0 saturated carbocycles. The molecule has 13 rings (SSSR count). The molecule has 2 aliphatic rings. The van der Waals surface area contributed by atoms with Crippen molar-refractivity contribution in [2.75, 3.05) is 52.9 Å². The molecule has 8 bridgehead atoms. The van der Waals surface area contributed by atoms with Crippen LogP contribution in [0.3, 0.4) is 0 Å². The lowest BCUT2D eigenvalue weighted by Crippen LogP contribution is -2.11. The van der Waals surface area contributed by atoms with Crippen LogP contribution in [0.25, 0.3) is 89.7 Å². The SMILES string of the molecule is CCCCCOC(=O)c1cc(Oc2cccc3c2-c2nc-3nc3[nH]c(nc4nc(nc5[nH]c(n2)c2cccc(Oc6cc(C(=O)OCCCCC)cc(C(=O)OCCCCC)c6)c52)-c2cccc(Oc5cc(C(=O)OCCCCC)cc(C(=O)OCCCCC)c5)c2-4)c2cccc(Oc4cc(C(=O)OCCCCC)cc(C(=O)OCCCCC)c4)c32)cc(C(=O)OCCCCC)c1. The van der Waals surface area contributed by atoms with Gasteiger partial charge in [0.05, 0.1) is 119 Å². The van der Waals surface area contributed by atoms with Crippen molar-refractivity contribution in [3.05, 3.63) is 190 Å². The van der Waals surface area contributed by atoms with E-state index in [1.54, 1.807) is 72.8 Å². The molecular weight excluding hydrogens is 1680 g/mol. The van der Waals surface area contributed by atoms with Gasteiger partial charge in [0.15, 0.2) is 23.3 Å². The number of esters is 8. The highest BCUT2D eigenvalue weighted by Gasteiger charge is 2.31. The number of carbonyl (C=O) groups is 8. The van der Waals surface area contributed by atoms with Gasteiger partial charge in [-0.1, -0.05) is 207 Å². The summed E-state index contributed by atoms with van der Waals surface area (Å²) in [6.07, 6.45) is 18.6. The molecule has 0 unspecified atom stereocenters. The third kappa shape index (κ3) is 24.6. The van der Waals surface area contributed by atoms with E-state index in [0.717, 1.165) is 103 Å². The largest absolute Gasteiger partial charge is 0.462 e. The highest BCUT2D eigenvalue weighted by atomic mass is 16.6. The molecule has 2 aliphatic heterocycles. The van der Waals surface area contributed by atoms with Crippen molar-refractivity contribution in [2.24, 2.45) is 0 Å². The Morgan fingerprint density at radius 2 is 0.447 bits per heavy atom. The zero-order valence-corrected chi connectivity index (χ0v) is 76.3. The maximum absolute atomic E-state index is 14.1. The second-order valence-electron chi connectivity index (χ2n) is 32.5. The number of aromatic nitrogens is 8. The van der Waals surface area contributed by atoms with Gasteiger partial charge >= 0.3 is 47.8 Å². The smallest absolute Gasteiger partial charge is 0.338 e. The molecular formula is C104H114N8O20. The maximum Gasteiger partial charge on any atom is 0.338 e. The van der Waals surface area contributed by atoms with Gasteiger partial charge in [-0.2, -0.15) is 0 Å². The van der Waals surface area contributed by atoms with E-state index in [4.69, 9.17) is 86.7 Å². The van der Waals surface area contributed by atoms with Gasteiger partial charge in [-0.3, -0.25) is 0 Å². The number of unbranched alkanes of at least 4 members (excludes halogenated alkanes) is 16. The molecule has 0 aliphatic carbocycles. The average molecular weight is 1800 g/mol. The van der Waals surface area contributed by atoms with Gasteiger partial charge < -0.3 is 66.8 Å². The summed E-state index contributed by atoms with van der Waals surface area (Å²) in [4.78, 5) is 153. The van der Waals surface area contributed by atoms with E-state index in [1.807, 2.05) is 55.4 Å². The lowest BCUT2D eigenvalue weighted by atomic mass is 10.1. The molecule has 3 aromatic heterocycles. The highest BCUT2D eigenvalue weighted by molar-refractivity contribution is 6.11. The Bertz CT molecular complexity index is 5640. The normalized spacial score (nSPS) is 11.3. The number of hydrogen-bond acceptors (Lipinski definition) is 26. The van der Waals surface area contributed by atoms with Crippen LogP contribution in [-0.4, -0.2) is 140 Å². The first-order valence-electron chi connectivity index (χ1n) is 46.5. The van der Waals surface area contributed by atoms with Gasteiger partial charge in [-0.05, 0) is 148 Å². The Hall–Kier alpha value is -13.9. The summed E-state index contributed by atoms with van der Waals surface area (Å²) >= 11 is 0. The van der Waals surface area contributed by atoms with Crippen molar-refractivity contribution in [3.8, 4) is 91.5 Å². The number of carbonyl (C=O) groups excluding carboxylic acids is 8. The molecule has 0 spiro atoms. The Morgan fingerprint density at radius 1 is 0.235 bits per heavy atom. The van der Waals surface area contributed by atoms with Gasteiger partial charge in [0, 0.05) is 21.9 Å². The van der Waals surface area contributed by atoms with Crippen molar-refractivity contribution in [1.29, 1.82) is 0 Å². The van der Waals surface area contributed by atoms with Gasteiger partial charge in [0.2, 0.25) is 0 Å². The highest BCUT2D eigenvalue weighted by Crippen LogP contribution is 2.47. The van der Waals surface area contributed by atoms with E-state index < -0.39 is 47.8 Å². The van der Waals surface area contributed by atoms with Crippen LogP contribution in [-0.2, 0) is 37.9 Å². The first-order chi connectivity index (χ1) is 64.4. The van der Waals surface area contributed by atoms with Crippen LogP contribution in [0, 0.1) is 0 Å². The summed E-state index contributed by atoms with van der Waals surface area (Å²) in [5.41, 5.74) is 1.92. The number of rotatable bonds is 48. The van der Waals surface area contributed by atoms with E-state index in [9.17, 15) is 38.4 Å². The minimum absolute atomic E-state index is 0.00852. The Labute approximate surface area is 766 Å². The van der Waals surface area contributed by atoms with Crippen LogP contribution < -0.4 is 18.9 Å². The topological polar surface area (TPSA) is 356 Å². The maximum atomic E-state index is 14.1. The van der Waals surface area contributed by atoms with Gasteiger partial charge in [0.1, 0.15) is 68.6 Å². The Kier molecular flexibility index (Phi) is 34.5. The first-order valence-corrected chi connectivity index (χ1v) is 46.5. The minimum Gasteiger partial charge on any atom is -0.462 e. The van der Waals surface area contributed by atoms with Gasteiger partial charge in [0.25, 0.3) is 0 Å². The molecule has 0 amide bonds. The van der Waals surface area contributed by atoms with Crippen LogP contribution in [0.4, 0.5) is 0 Å². The van der Waals surface area contributed by atoms with Crippen molar-refractivity contribution in [1.82, 2.24) is 39.9 Å². The summed E-state index contributed by atoms with van der Waals surface area (Å²) in [6, 6.07) is 38.3. The van der Waals surface area contributed by atoms with Crippen LogP contribution in [0.5, 0.6) is 46.0 Å². The molecule has 5 heterocycles. The van der Waals surface area contributed by atoms with Crippen LogP contribution >= 0.6 is 0 Å². The zero-order valence-electron chi connectivity index (χ0n) is 76.3. The molecule has 28 nitrogen and oxygen atoms in total. The number of benzene rings is 8. The monoisotopic (exact) mass is 1790 g/mol. The van der Waals surface area contributed by atoms with Crippen molar-refractivity contribution in [2.45, 2.75) is 209 Å². The molecule has 0 saturated heterocycles. The van der Waals surface area contributed by atoms with Gasteiger partial charge in [-0.25, -0.2) is 68.3 Å². The fourth-order valence-electron chi connectivity index (χ4n) is 15.1. The lowest BCUT2D eigenvalue weighted by molar-refractivity contribution is 0.0477. The fourth-order valence-corrected chi connectivity index (χ4v) is 15.1. The predicted octanol–water partition coefficient (Wildman–Crippen LogP) is 24.8. The molecule has 0 fully saturated rings. The first kappa shape index (κ1) is 95.7. The summed E-state index contributed by atoms with van der Waals surface area (Å²) < 4.78 is 74.2. The summed E-state index contributed by atoms with van der Waals surface area (Å²) in [5.74, 6) is -4.66. The van der Waals surface area contributed by atoms with Gasteiger partial charge in [-0.15, -0.1) is 0 Å². The number of fused-ring (bicyclic) bond motifs is 20. The van der Waals surface area contributed by atoms with Crippen molar-refractivity contribution < 1.29 is 95.2 Å². The van der Waals surface area contributed by atoms with Crippen molar-refractivity contribution in [3.63, 3.8) is 0 Å².